The van der Waals surface area contributed by atoms with Crippen LogP contribution >= 0.6 is 0 Å². The minimum Gasteiger partial charge on any atom is -0.368 e. The molecular formula is C17H20N8O. The standard InChI is InChI=1S/C17H20N8O/c18-15(26)12-3-1-7-24(12)17-20-14-4-2-8-25(14)16(21-17)19-13-9-11(22-23-13)10-5-6-10/h2,4,8-10,12H,1,3,5-7H2,(H2,18,26)(H2,19,20,21,22,23)/t12-/m1/s1. The number of nitrogens with zero attached hydrogens (tertiary/aromatic N) is 5. The number of nitrogens with two attached hydrogens (primary N) is 1. The molecule has 3 aromatic heterocycles. The second kappa shape index (κ2) is 5.72. The summed E-state index contributed by atoms with van der Waals surface area (Å²) >= 11 is 0. The smallest absolute Gasteiger partial charge is 0.240 e. The number of nitrogens with one attached hydrogen (secondary N) is 2. The maximum Gasteiger partial charge on any atom is 0.240 e. The number of carbonyl (C=O) groups is 1. The molecule has 26 heavy (non-hydrogen) atoms. The van der Waals surface area contributed by atoms with E-state index in [9.17, 15) is 4.79 Å². The van der Waals surface area contributed by atoms with Crippen LogP contribution in [0.5, 0.6) is 0 Å². The Kier molecular flexibility index (Phi) is 3.34. The zero-order valence-electron chi connectivity index (χ0n) is 14.2. The van der Waals surface area contributed by atoms with Crippen LogP contribution in [0.15, 0.2) is 24.4 Å². The number of hydrogen-bond donors (Lipinski definition) is 3. The minimum absolute atomic E-state index is 0.336. The lowest BCUT2D eigenvalue weighted by Crippen LogP contribution is -2.41. The van der Waals surface area contributed by atoms with Gasteiger partial charge in [0.1, 0.15) is 11.7 Å². The van der Waals surface area contributed by atoms with Crippen molar-refractivity contribution in [1.29, 1.82) is 0 Å². The normalized spacial score (nSPS) is 20.0. The number of H-pyrrole nitrogens is 1. The SMILES string of the molecule is NC(=O)[C@H]1CCCN1c1nc(Nc2cc(C3CC3)[nH]n2)n2cccc2n1. The van der Waals surface area contributed by atoms with Crippen LogP contribution in [0.3, 0.4) is 0 Å². The van der Waals surface area contributed by atoms with Crippen molar-refractivity contribution in [3.05, 3.63) is 30.1 Å². The Morgan fingerprint density at radius 1 is 1.31 bits per heavy atom. The molecule has 9 heteroatoms. The predicted molar refractivity (Wildman–Crippen MR) is 96.4 cm³/mol. The van der Waals surface area contributed by atoms with E-state index in [2.05, 4.69) is 25.5 Å². The van der Waals surface area contributed by atoms with Crippen LogP contribution in [0.1, 0.15) is 37.3 Å². The molecule has 134 valence electrons. The van der Waals surface area contributed by atoms with Crippen molar-refractivity contribution in [1.82, 2.24) is 24.6 Å². The molecule has 1 amide bonds. The zero-order chi connectivity index (χ0) is 17.7. The van der Waals surface area contributed by atoms with Crippen LogP contribution in [0.2, 0.25) is 0 Å². The summed E-state index contributed by atoms with van der Waals surface area (Å²) in [6.45, 7) is 0.720. The molecule has 1 saturated heterocycles. The fourth-order valence-corrected chi connectivity index (χ4v) is 3.56. The first kappa shape index (κ1) is 15.2. The van der Waals surface area contributed by atoms with Crippen molar-refractivity contribution < 1.29 is 4.79 Å². The number of carbonyl (C=O) groups excluding carboxylic acids is 1. The van der Waals surface area contributed by atoms with E-state index in [-0.39, 0.29) is 11.9 Å². The topological polar surface area (TPSA) is 117 Å². The molecule has 0 bridgehead atoms. The predicted octanol–water partition coefficient (Wildman–Crippen LogP) is 1.53. The number of primary amides is 1. The highest BCUT2D eigenvalue weighted by atomic mass is 16.1. The van der Waals surface area contributed by atoms with Crippen LogP contribution in [0.25, 0.3) is 5.65 Å². The number of hydrogen-bond acceptors (Lipinski definition) is 6. The zero-order valence-corrected chi connectivity index (χ0v) is 14.2. The van der Waals surface area contributed by atoms with Gasteiger partial charge in [0.2, 0.25) is 17.8 Å². The Morgan fingerprint density at radius 2 is 2.19 bits per heavy atom. The monoisotopic (exact) mass is 352 g/mol. The van der Waals surface area contributed by atoms with Gasteiger partial charge in [-0.1, -0.05) is 0 Å². The maximum atomic E-state index is 11.7. The first-order valence-corrected chi connectivity index (χ1v) is 8.92. The van der Waals surface area contributed by atoms with Gasteiger partial charge in [-0.2, -0.15) is 15.1 Å². The largest absolute Gasteiger partial charge is 0.368 e. The van der Waals surface area contributed by atoms with Crippen LogP contribution in [0, 0.1) is 0 Å². The number of rotatable bonds is 5. The average Bonchev–Trinajstić information content (AvgIpc) is 3.06. The lowest BCUT2D eigenvalue weighted by atomic mass is 10.2. The number of fused-ring (bicyclic) bond motifs is 1. The van der Waals surface area contributed by atoms with Gasteiger partial charge in [0.25, 0.3) is 0 Å². The summed E-state index contributed by atoms with van der Waals surface area (Å²) in [5, 5.41) is 10.7. The Hall–Kier alpha value is -3.10. The quantitative estimate of drug-likeness (QED) is 0.641. The third kappa shape index (κ3) is 2.56. The Morgan fingerprint density at radius 3 is 3.00 bits per heavy atom. The van der Waals surface area contributed by atoms with E-state index in [1.165, 1.54) is 12.8 Å². The molecule has 3 aromatic rings. The van der Waals surface area contributed by atoms with Gasteiger partial charge in [-0.25, -0.2) is 0 Å². The fraction of sp³-hybridized carbons (Fsp3) is 0.412. The summed E-state index contributed by atoms with van der Waals surface area (Å²) in [5.41, 5.74) is 7.45. The number of amides is 1. The van der Waals surface area contributed by atoms with Gasteiger partial charge in [0, 0.05) is 30.4 Å². The van der Waals surface area contributed by atoms with E-state index >= 15 is 0 Å². The summed E-state index contributed by atoms with van der Waals surface area (Å²) in [5.74, 6) is 2.11. The molecule has 2 fully saturated rings. The van der Waals surface area contributed by atoms with E-state index < -0.39 is 0 Å². The first-order chi connectivity index (χ1) is 12.7. The van der Waals surface area contributed by atoms with Crippen molar-refractivity contribution >= 4 is 29.3 Å². The van der Waals surface area contributed by atoms with Gasteiger partial charge in [0.15, 0.2) is 5.82 Å². The molecule has 1 atom stereocenters. The third-order valence-corrected chi connectivity index (χ3v) is 5.07. The van der Waals surface area contributed by atoms with Crippen molar-refractivity contribution in [3.8, 4) is 0 Å². The van der Waals surface area contributed by atoms with Crippen molar-refractivity contribution in [3.63, 3.8) is 0 Å². The fourth-order valence-electron chi connectivity index (χ4n) is 3.56. The van der Waals surface area contributed by atoms with E-state index in [0.29, 0.717) is 17.8 Å². The highest BCUT2D eigenvalue weighted by Gasteiger charge is 2.31. The van der Waals surface area contributed by atoms with Crippen LogP contribution < -0.4 is 16.0 Å². The van der Waals surface area contributed by atoms with Crippen molar-refractivity contribution in [2.24, 2.45) is 5.73 Å². The molecule has 4 N–H and O–H groups in total. The van der Waals surface area contributed by atoms with Gasteiger partial charge in [0.05, 0.1) is 0 Å². The average molecular weight is 352 g/mol. The maximum absolute atomic E-state index is 11.7. The minimum atomic E-state index is -0.355. The van der Waals surface area contributed by atoms with E-state index in [0.717, 1.165) is 36.5 Å². The van der Waals surface area contributed by atoms with Gasteiger partial charge in [-0.15, -0.1) is 0 Å². The van der Waals surface area contributed by atoms with Gasteiger partial charge in [-0.3, -0.25) is 14.3 Å². The Bertz CT molecular complexity index is 972. The second-order valence-electron chi connectivity index (χ2n) is 6.95. The van der Waals surface area contributed by atoms with Crippen LogP contribution in [-0.4, -0.2) is 43.1 Å². The highest BCUT2D eigenvalue weighted by Crippen LogP contribution is 2.39. The summed E-state index contributed by atoms with van der Waals surface area (Å²) in [4.78, 5) is 22.9. The van der Waals surface area contributed by atoms with Gasteiger partial charge < -0.3 is 16.0 Å². The molecule has 0 radical (unpaired) electrons. The first-order valence-electron chi connectivity index (χ1n) is 8.92. The lowest BCUT2D eigenvalue weighted by molar-refractivity contribution is -0.119. The summed E-state index contributed by atoms with van der Waals surface area (Å²) in [6, 6.07) is 5.49. The molecule has 5 rings (SSSR count). The molecular weight excluding hydrogens is 332 g/mol. The Labute approximate surface area is 149 Å². The third-order valence-electron chi connectivity index (χ3n) is 5.07. The molecule has 0 unspecified atom stereocenters. The van der Waals surface area contributed by atoms with Crippen LogP contribution in [-0.2, 0) is 4.79 Å². The number of aromatic nitrogens is 5. The molecule has 1 aliphatic heterocycles. The lowest BCUT2D eigenvalue weighted by Gasteiger charge is -2.22. The van der Waals surface area contributed by atoms with Crippen LogP contribution in [0.4, 0.5) is 17.7 Å². The summed E-state index contributed by atoms with van der Waals surface area (Å²) in [7, 11) is 0. The molecule has 2 aliphatic rings. The molecule has 9 nitrogen and oxygen atoms in total. The van der Waals surface area contributed by atoms with E-state index in [1.807, 2.05) is 33.7 Å². The van der Waals surface area contributed by atoms with Crippen molar-refractivity contribution in [2.45, 2.75) is 37.6 Å². The number of anilines is 3. The summed E-state index contributed by atoms with van der Waals surface area (Å²) in [6.07, 6.45) is 5.95. The molecule has 4 heterocycles. The van der Waals surface area contributed by atoms with E-state index in [4.69, 9.17) is 5.73 Å². The summed E-state index contributed by atoms with van der Waals surface area (Å²) < 4.78 is 1.87. The van der Waals surface area contributed by atoms with Crippen molar-refractivity contribution in [2.75, 3.05) is 16.8 Å². The second-order valence-corrected chi connectivity index (χ2v) is 6.95. The van der Waals surface area contributed by atoms with E-state index in [1.54, 1.807) is 0 Å². The van der Waals surface area contributed by atoms with Gasteiger partial charge in [-0.05, 0) is 37.8 Å². The molecule has 1 saturated carbocycles. The highest BCUT2D eigenvalue weighted by molar-refractivity contribution is 5.83. The van der Waals surface area contributed by atoms with Gasteiger partial charge >= 0.3 is 0 Å². The molecule has 1 aliphatic carbocycles. The molecule has 0 spiro atoms. The Balaban J connectivity index is 1.51. The number of aromatic amines is 1. The molecule has 0 aromatic carbocycles.